The Kier molecular flexibility index (Phi) is 4.43. The van der Waals surface area contributed by atoms with Crippen LogP contribution >= 0.6 is 0 Å². The molecule has 0 aromatic carbocycles. The van der Waals surface area contributed by atoms with Crippen molar-refractivity contribution < 1.29 is 4.79 Å². The van der Waals surface area contributed by atoms with Crippen LogP contribution in [0.4, 0.5) is 4.79 Å². The number of hydrogen-bond acceptors (Lipinski definition) is 1. The van der Waals surface area contributed by atoms with Gasteiger partial charge in [-0.3, -0.25) is 0 Å². The van der Waals surface area contributed by atoms with Crippen molar-refractivity contribution in [2.24, 2.45) is 11.8 Å². The number of likely N-dealkylation sites (tertiary alicyclic amines) is 1. The minimum Gasteiger partial charge on any atom is -0.331 e. The molecule has 1 aliphatic heterocycles. The number of rotatable bonds is 1. The third-order valence-electron chi connectivity index (χ3n) is 3.37. The fourth-order valence-corrected chi connectivity index (χ4v) is 2.26. The third-order valence-corrected chi connectivity index (χ3v) is 3.37. The minimum absolute atomic E-state index is 0.166. The van der Waals surface area contributed by atoms with E-state index < -0.39 is 0 Å². The lowest BCUT2D eigenvalue weighted by molar-refractivity contribution is 0.171. The number of carbonyl (C=O) groups is 1. The Morgan fingerprint density at radius 3 is 2.47 bits per heavy atom. The van der Waals surface area contributed by atoms with Gasteiger partial charge in [0, 0.05) is 27.2 Å². The van der Waals surface area contributed by atoms with Crippen LogP contribution in [0.5, 0.6) is 0 Å². The van der Waals surface area contributed by atoms with Crippen molar-refractivity contribution in [3.05, 3.63) is 0 Å². The van der Waals surface area contributed by atoms with Crippen LogP contribution in [0.15, 0.2) is 0 Å². The molecular weight excluding hydrogens is 188 g/mol. The largest absolute Gasteiger partial charge is 0.331 e. The average Bonchev–Trinajstić information content (AvgIpc) is 2.41. The second-order valence-corrected chi connectivity index (χ2v) is 5.10. The molecule has 1 rings (SSSR count). The van der Waals surface area contributed by atoms with E-state index in [1.165, 1.54) is 6.42 Å². The van der Waals surface area contributed by atoms with Gasteiger partial charge in [-0.15, -0.1) is 0 Å². The van der Waals surface area contributed by atoms with Crippen LogP contribution in [0, 0.1) is 11.8 Å². The molecule has 15 heavy (non-hydrogen) atoms. The van der Waals surface area contributed by atoms with Gasteiger partial charge in [-0.25, -0.2) is 4.79 Å². The van der Waals surface area contributed by atoms with Gasteiger partial charge >= 0.3 is 6.03 Å². The molecule has 0 N–H and O–H groups in total. The van der Waals surface area contributed by atoms with E-state index in [1.54, 1.807) is 4.90 Å². The molecule has 1 saturated heterocycles. The minimum atomic E-state index is 0.166. The Hall–Kier alpha value is -0.730. The summed E-state index contributed by atoms with van der Waals surface area (Å²) in [5.74, 6) is 1.55. The molecule has 0 aromatic rings. The van der Waals surface area contributed by atoms with Gasteiger partial charge in [0.25, 0.3) is 0 Å². The second kappa shape index (κ2) is 5.38. The Balaban J connectivity index is 2.49. The van der Waals surface area contributed by atoms with Gasteiger partial charge in [0.05, 0.1) is 0 Å². The van der Waals surface area contributed by atoms with E-state index in [0.717, 1.165) is 37.8 Å². The molecular formula is C12H24N2O. The molecule has 3 nitrogen and oxygen atoms in total. The van der Waals surface area contributed by atoms with E-state index in [1.807, 2.05) is 19.0 Å². The Morgan fingerprint density at radius 2 is 1.93 bits per heavy atom. The Bertz CT molecular complexity index is 214. The summed E-state index contributed by atoms with van der Waals surface area (Å²) in [6, 6.07) is 0.166. The molecule has 1 heterocycles. The lowest BCUT2D eigenvalue weighted by Crippen LogP contribution is -2.39. The van der Waals surface area contributed by atoms with Crippen LogP contribution in [-0.4, -0.2) is 43.0 Å². The maximum absolute atomic E-state index is 11.8. The first-order chi connectivity index (χ1) is 7.02. The zero-order chi connectivity index (χ0) is 11.4. The zero-order valence-corrected chi connectivity index (χ0v) is 10.5. The molecule has 2 amide bonds. The fourth-order valence-electron chi connectivity index (χ4n) is 2.26. The van der Waals surface area contributed by atoms with Gasteiger partial charge in [-0.05, 0) is 31.1 Å². The number of nitrogens with zero attached hydrogens (tertiary/aromatic N) is 2. The molecule has 1 atom stereocenters. The number of amides is 2. The van der Waals surface area contributed by atoms with Crippen molar-refractivity contribution in [2.75, 3.05) is 27.2 Å². The van der Waals surface area contributed by atoms with Gasteiger partial charge in [0.15, 0.2) is 0 Å². The summed E-state index contributed by atoms with van der Waals surface area (Å²) in [5, 5.41) is 0. The highest BCUT2D eigenvalue weighted by atomic mass is 16.2. The summed E-state index contributed by atoms with van der Waals surface area (Å²) in [5.41, 5.74) is 0. The summed E-state index contributed by atoms with van der Waals surface area (Å²) in [7, 11) is 3.65. The normalized spacial score (nSPS) is 22.7. The molecule has 88 valence electrons. The molecule has 0 saturated carbocycles. The molecule has 0 spiro atoms. The van der Waals surface area contributed by atoms with E-state index in [4.69, 9.17) is 0 Å². The smallest absolute Gasteiger partial charge is 0.319 e. The van der Waals surface area contributed by atoms with Crippen LogP contribution in [0.1, 0.15) is 33.1 Å². The second-order valence-electron chi connectivity index (χ2n) is 5.10. The molecule has 3 heteroatoms. The highest BCUT2D eigenvalue weighted by molar-refractivity contribution is 5.73. The van der Waals surface area contributed by atoms with Gasteiger partial charge in [0.1, 0.15) is 0 Å². The molecule has 0 bridgehead atoms. The zero-order valence-electron chi connectivity index (χ0n) is 10.5. The van der Waals surface area contributed by atoms with Crippen LogP contribution in [0.2, 0.25) is 0 Å². The summed E-state index contributed by atoms with van der Waals surface area (Å²) < 4.78 is 0. The molecule has 0 aromatic heterocycles. The summed E-state index contributed by atoms with van der Waals surface area (Å²) in [6.07, 6.45) is 3.59. The van der Waals surface area contributed by atoms with Crippen molar-refractivity contribution in [1.29, 1.82) is 0 Å². The van der Waals surface area contributed by atoms with Gasteiger partial charge in [-0.1, -0.05) is 13.8 Å². The number of carbonyl (C=O) groups excluding carboxylic acids is 1. The van der Waals surface area contributed by atoms with Crippen LogP contribution in [0.25, 0.3) is 0 Å². The maximum Gasteiger partial charge on any atom is 0.319 e. The van der Waals surface area contributed by atoms with Crippen molar-refractivity contribution in [3.8, 4) is 0 Å². The van der Waals surface area contributed by atoms with E-state index in [0.29, 0.717) is 0 Å². The van der Waals surface area contributed by atoms with E-state index >= 15 is 0 Å². The quantitative estimate of drug-likeness (QED) is 0.655. The van der Waals surface area contributed by atoms with Crippen LogP contribution < -0.4 is 0 Å². The van der Waals surface area contributed by atoms with E-state index in [9.17, 15) is 4.79 Å². The highest BCUT2D eigenvalue weighted by Crippen LogP contribution is 2.24. The first-order valence-electron chi connectivity index (χ1n) is 5.98. The summed E-state index contributed by atoms with van der Waals surface area (Å²) >= 11 is 0. The lowest BCUT2D eigenvalue weighted by Gasteiger charge is -2.24. The SMILES string of the molecule is CC(C)C1CCCN(C(=O)N(C)C)CC1. The first kappa shape index (κ1) is 12.3. The average molecular weight is 212 g/mol. The number of hydrogen-bond donors (Lipinski definition) is 0. The van der Waals surface area contributed by atoms with Crippen LogP contribution in [0.3, 0.4) is 0 Å². The van der Waals surface area contributed by atoms with Crippen LogP contribution in [-0.2, 0) is 0 Å². The molecule has 0 aliphatic carbocycles. The van der Waals surface area contributed by atoms with E-state index in [2.05, 4.69) is 13.8 Å². The Morgan fingerprint density at radius 1 is 1.27 bits per heavy atom. The van der Waals surface area contributed by atoms with Crippen molar-refractivity contribution in [1.82, 2.24) is 9.80 Å². The van der Waals surface area contributed by atoms with Gasteiger partial charge < -0.3 is 9.80 Å². The van der Waals surface area contributed by atoms with Gasteiger partial charge in [-0.2, -0.15) is 0 Å². The summed E-state index contributed by atoms with van der Waals surface area (Å²) in [6.45, 7) is 6.43. The highest BCUT2D eigenvalue weighted by Gasteiger charge is 2.22. The standard InChI is InChI=1S/C12H24N2O/c1-10(2)11-6-5-8-14(9-7-11)12(15)13(3)4/h10-11H,5-9H2,1-4H3. The molecule has 1 aliphatic rings. The number of urea groups is 1. The predicted octanol–water partition coefficient (Wildman–Crippen LogP) is 2.43. The lowest BCUT2D eigenvalue weighted by atomic mass is 9.89. The predicted molar refractivity (Wildman–Crippen MR) is 62.8 cm³/mol. The van der Waals surface area contributed by atoms with E-state index in [-0.39, 0.29) is 6.03 Å². The maximum atomic E-state index is 11.8. The Labute approximate surface area is 93.4 Å². The molecule has 1 unspecified atom stereocenters. The van der Waals surface area contributed by atoms with Crippen molar-refractivity contribution in [2.45, 2.75) is 33.1 Å². The van der Waals surface area contributed by atoms with Crippen molar-refractivity contribution in [3.63, 3.8) is 0 Å². The topological polar surface area (TPSA) is 23.6 Å². The van der Waals surface area contributed by atoms with Gasteiger partial charge in [0.2, 0.25) is 0 Å². The monoisotopic (exact) mass is 212 g/mol. The third kappa shape index (κ3) is 3.40. The first-order valence-corrected chi connectivity index (χ1v) is 5.98. The molecule has 0 radical (unpaired) electrons. The fraction of sp³-hybridized carbons (Fsp3) is 0.917. The van der Waals surface area contributed by atoms with Crippen molar-refractivity contribution >= 4 is 6.03 Å². The molecule has 1 fully saturated rings. The summed E-state index contributed by atoms with van der Waals surface area (Å²) in [4.78, 5) is 15.4.